The Hall–Kier alpha value is -0.891. The monoisotopic (exact) mass is 282 g/mol. The molecule has 0 bridgehead atoms. The Bertz CT molecular complexity index is 422. The summed E-state index contributed by atoms with van der Waals surface area (Å²) in [6, 6.07) is 14.0. The van der Waals surface area contributed by atoms with Crippen LogP contribution in [-0.2, 0) is 5.32 Å². The van der Waals surface area contributed by atoms with Gasteiger partial charge in [0.2, 0.25) is 0 Å². The predicted molar refractivity (Wildman–Crippen MR) is 64.5 cm³/mol. The van der Waals surface area contributed by atoms with Crippen LogP contribution >= 0.6 is 11.3 Å². The first-order chi connectivity index (χ1) is 7.36. The summed E-state index contributed by atoms with van der Waals surface area (Å²) in [5.41, 5.74) is 1.25. The fraction of sp³-hybridized carbons (Fsp3) is 0.0833. The van der Waals surface area contributed by atoms with Crippen LogP contribution in [0.2, 0.25) is 0 Å². The van der Waals surface area contributed by atoms with E-state index in [0.717, 1.165) is 10.2 Å². The molecule has 0 aliphatic rings. The van der Waals surface area contributed by atoms with Crippen LogP contribution in [0.3, 0.4) is 0 Å². The van der Waals surface area contributed by atoms with Gasteiger partial charge in [0, 0.05) is 0 Å². The van der Waals surface area contributed by atoms with Crippen LogP contribution in [0.15, 0.2) is 47.8 Å². The second-order valence-electron chi connectivity index (χ2n) is 3.04. The number of hydrogen-bond acceptors (Lipinski definition) is 2. The van der Waals surface area contributed by atoms with Gasteiger partial charge in [0.1, 0.15) is 0 Å². The first kappa shape index (κ1) is 10.6. The number of benzene rings is 1. The molecule has 0 unspecified atom stereocenters. The van der Waals surface area contributed by atoms with Gasteiger partial charge in [-0.3, -0.25) is 0 Å². The fourth-order valence-electron chi connectivity index (χ4n) is 1.19. The molecule has 1 aromatic heterocycles. The first-order valence-electron chi connectivity index (χ1n) is 4.61. The van der Waals surface area contributed by atoms with Gasteiger partial charge >= 0.3 is 99.4 Å². The molecule has 1 heterocycles. The van der Waals surface area contributed by atoms with Crippen LogP contribution in [0, 0.1) is 0 Å². The Morgan fingerprint density at radius 2 is 1.93 bits per heavy atom. The summed E-state index contributed by atoms with van der Waals surface area (Å²) in [6.07, 6.45) is 0. The van der Waals surface area contributed by atoms with E-state index in [1.165, 1.54) is 16.9 Å². The molecule has 0 fully saturated rings. The van der Waals surface area contributed by atoms with Crippen molar-refractivity contribution in [3.63, 3.8) is 0 Å². The van der Waals surface area contributed by atoms with Crippen molar-refractivity contribution in [2.24, 2.45) is 0 Å². The average molecular weight is 281 g/mol. The van der Waals surface area contributed by atoms with E-state index >= 15 is 0 Å². The number of thiophene rings is 1. The molecule has 0 spiro atoms. The van der Waals surface area contributed by atoms with E-state index in [1.54, 1.807) is 0 Å². The van der Waals surface area contributed by atoms with Gasteiger partial charge in [-0.25, -0.2) is 0 Å². The Morgan fingerprint density at radius 3 is 2.60 bits per heavy atom. The molecule has 15 heavy (non-hydrogen) atoms. The fourth-order valence-corrected chi connectivity index (χ4v) is 3.82. The number of carbonyl (C=O) groups excluding carboxylic acids is 1. The Morgan fingerprint density at radius 1 is 1.13 bits per heavy atom. The van der Waals surface area contributed by atoms with Gasteiger partial charge in [0.25, 0.3) is 0 Å². The van der Waals surface area contributed by atoms with Crippen LogP contribution in [0.25, 0.3) is 0 Å². The van der Waals surface area contributed by atoms with Crippen molar-refractivity contribution in [2.45, 2.75) is 5.32 Å². The van der Waals surface area contributed by atoms with E-state index in [2.05, 4.69) is 12.1 Å². The van der Waals surface area contributed by atoms with E-state index < -0.39 is 0 Å². The number of carbonyl (C=O) groups is 1. The van der Waals surface area contributed by atoms with Crippen LogP contribution in [0.1, 0.15) is 15.2 Å². The van der Waals surface area contributed by atoms with Gasteiger partial charge in [-0.1, -0.05) is 0 Å². The van der Waals surface area contributed by atoms with Crippen molar-refractivity contribution in [1.29, 1.82) is 0 Å². The van der Waals surface area contributed by atoms with Crippen LogP contribution in [0.4, 0.5) is 0 Å². The normalized spacial score (nSPS) is 10.1. The van der Waals surface area contributed by atoms with Crippen molar-refractivity contribution < 1.29 is 4.79 Å². The molecular formula is C12H10OSSe. The molecule has 1 aromatic carbocycles. The van der Waals surface area contributed by atoms with Crippen molar-refractivity contribution in [3.05, 3.63) is 58.3 Å². The molecule has 0 amide bonds. The van der Waals surface area contributed by atoms with Gasteiger partial charge < -0.3 is 0 Å². The average Bonchev–Trinajstić information content (AvgIpc) is 2.81. The molecule has 0 aliphatic carbocycles. The number of rotatable bonds is 4. The van der Waals surface area contributed by atoms with Crippen molar-refractivity contribution in [2.75, 3.05) is 0 Å². The minimum absolute atomic E-state index is 0.0339. The summed E-state index contributed by atoms with van der Waals surface area (Å²) >= 11 is 1.57. The van der Waals surface area contributed by atoms with Gasteiger partial charge in [0.05, 0.1) is 0 Å². The molecule has 0 saturated carbocycles. The first-order valence-corrected chi connectivity index (χ1v) is 7.55. The molecule has 3 heteroatoms. The second kappa shape index (κ2) is 5.26. The zero-order valence-corrected chi connectivity index (χ0v) is 10.6. The number of hydrogen-bond donors (Lipinski definition) is 0. The van der Waals surface area contributed by atoms with Crippen molar-refractivity contribution >= 4 is 31.0 Å². The molecular weight excluding hydrogens is 271 g/mol. The summed E-state index contributed by atoms with van der Waals surface area (Å²) in [6.45, 7) is 0. The van der Waals surface area contributed by atoms with E-state index in [9.17, 15) is 4.79 Å². The van der Waals surface area contributed by atoms with Crippen LogP contribution < -0.4 is 0 Å². The third-order valence-corrected chi connectivity index (χ3v) is 5.11. The van der Waals surface area contributed by atoms with E-state index in [-0.39, 0.29) is 15.0 Å². The molecule has 1 nitrogen and oxygen atoms in total. The molecule has 0 aliphatic heterocycles. The van der Waals surface area contributed by atoms with E-state index in [4.69, 9.17) is 0 Å². The molecule has 0 N–H and O–H groups in total. The zero-order valence-electron chi connectivity index (χ0n) is 8.05. The third kappa shape index (κ3) is 3.03. The van der Waals surface area contributed by atoms with Gasteiger partial charge in [-0.05, 0) is 0 Å². The Labute approximate surface area is 99.3 Å². The maximum absolute atomic E-state index is 11.7. The summed E-state index contributed by atoms with van der Waals surface area (Å²) in [4.78, 5) is 12.6. The topological polar surface area (TPSA) is 17.1 Å². The van der Waals surface area contributed by atoms with Crippen molar-refractivity contribution in [3.8, 4) is 0 Å². The summed E-state index contributed by atoms with van der Waals surface area (Å²) in [7, 11) is 0. The zero-order chi connectivity index (χ0) is 10.5. The van der Waals surface area contributed by atoms with Gasteiger partial charge in [-0.15, -0.1) is 0 Å². The van der Waals surface area contributed by atoms with E-state index in [0.29, 0.717) is 4.68 Å². The Kier molecular flexibility index (Phi) is 3.73. The van der Waals surface area contributed by atoms with Crippen LogP contribution in [-0.4, -0.2) is 19.6 Å². The predicted octanol–water partition coefficient (Wildman–Crippen LogP) is 2.79. The van der Waals surface area contributed by atoms with Gasteiger partial charge in [-0.2, -0.15) is 0 Å². The molecule has 0 radical (unpaired) electrons. The summed E-state index contributed by atoms with van der Waals surface area (Å²) in [5, 5.41) is 2.84. The van der Waals surface area contributed by atoms with Crippen LogP contribution in [0.5, 0.6) is 0 Å². The molecule has 0 atom stereocenters. The SMILES string of the molecule is O=C([Se]Cc1ccccc1)c1cccs1. The molecule has 0 saturated heterocycles. The maximum atomic E-state index is 11.7. The molecule has 2 rings (SSSR count). The summed E-state index contributed by atoms with van der Waals surface area (Å²) < 4.78 is 0.307. The van der Waals surface area contributed by atoms with Crippen molar-refractivity contribution in [1.82, 2.24) is 0 Å². The summed E-state index contributed by atoms with van der Waals surface area (Å²) in [5.74, 6) is 0. The second-order valence-corrected chi connectivity index (χ2v) is 5.98. The van der Waals surface area contributed by atoms with E-state index in [1.807, 2.05) is 35.7 Å². The standard InChI is InChI=1S/C12H10OSSe/c13-12(11-7-4-8-14-11)15-9-10-5-2-1-3-6-10/h1-8H,9H2. The van der Waals surface area contributed by atoms with Gasteiger partial charge in [0.15, 0.2) is 0 Å². The third-order valence-electron chi connectivity index (χ3n) is 1.94. The molecule has 2 aromatic rings. The Balaban J connectivity index is 1.92. The quantitative estimate of drug-likeness (QED) is 0.788. The minimum atomic E-state index is 0.0339. The molecule has 76 valence electrons.